The Morgan fingerprint density at radius 3 is 2.08 bits per heavy atom. The van der Waals surface area contributed by atoms with Gasteiger partial charge in [0.15, 0.2) is 0 Å². The zero-order valence-corrected chi connectivity index (χ0v) is 14.2. The first kappa shape index (κ1) is 16.9. The Morgan fingerprint density at radius 1 is 1.00 bits per heavy atom. The zero-order chi connectivity index (χ0) is 18.0. The molecule has 0 bridgehead atoms. The lowest BCUT2D eigenvalue weighted by Gasteiger charge is -2.24. The minimum Gasteiger partial charge on any atom is -0.464 e. The zero-order valence-electron chi connectivity index (χ0n) is 14.2. The normalized spacial score (nSPS) is 14.4. The van der Waals surface area contributed by atoms with Crippen molar-refractivity contribution in [3.63, 3.8) is 0 Å². The Kier molecular flexibility index (Phi) is 4.65. The average Bonchev–Trinajstić information content (AvgIpc) is 2.86. The molecule has 0 aliphatic carbocycles. The van der Waals surface area contributed by atoms with Gasteiger partial charge >= 0.3 is 5.97 Å². The largest absolute Gasteiger partial charge is 0.464 e. The summed E-state index contributed by atoms with van der Waals surface area (Å²) in [6.45, 7) is 3.85. The lowest BCUT2D eigenvalue weighted by Crippen LogP contribution is -2.47. The summed E-state index contributed by atoms with van der Waals surface area (Å²) in [7, 11) is 0. The van der Waals surface area contributed by atoms with Crippen molar-refractivity contribution in [2.24, 2.45) is 0 Å². The fraction of sp³-hybridized carbons (Fsp3) is 0.250. The smallest absolute Gasteiger partial charge is 0.329 e. The van der Waals surface area contributed by atoms with Gasteiger partial charge in [0, 0.05) is 6.42 Å². The van der Waals surface area contributed by atoms with E-state index < -0.39 is 23.8 Å². The summed E-state index contributed by atoms with van der Waals surface area (Å²) in [5.41, 5.74) is 2.61. The van der Waals surface area contributed by atoms with Crippen molar-refractivity contribution in [2.75, 3.05) is 6.61 Å². The van der Waals surface area contributed by atoms with Crippen LogP contribution in [-0.4, -0.2) is 35.3 Å². The quantitative estimate of drug-likeness (QED) is 0.622. The number of amides is 2. The maximum absolute atomic E-state index is 12.7. The molecule has 1 heterocycles. The highest BCUT2D eigenvalue weighted by Gasteiger charge is 2.43. The fourth-order valence-corrected chi connectivity index (χ4v) is 2.96. The second kappa shape index (κ2) is 6.89. The molecule has 2 aromatic rings. The second-order valence-corrected chi connectivity index (χ2v) is 5.98. The van der Waals surface area contributed by atoms with Crippen LogP contribution < -0.4 is 0 Å². The number of hydrogen-bond donors (Lipinski definition) is 0. The Balaban J connectivity index is 1.95. The van der Waals surface area contributed by atoms with Crippen LogP contribution in [0.2, 0.25) is 0 Å². The van der Waals surface area contributed by atoms with E-state index in [4.69, 9.17) is 4.74 Å². The molecular weight excluding hydrogens is 318 g/mol. The molecule has 0 spiro atoms. The van der Waals surface area contributed by atoms with Crippen LogP contribution in [0.15, 0.2) is 48.5 Å². The number of fused-ring (bicyclic) bond motifs is 1. The molecule has 0 aromatic heterocycles. The van der Waals surface area contributed by atoms with Gasteiger partial charge in [0.25, 0.3) is 11.8 Å². The lowest BCUT2D eigenvalue weighted by atomic mass is 10.0. The fourth-order valence-electron chi connectivity index (χ4n) is 2.96. The molecule has 5 nitrogen and oxygen atoms in total. The van der Waals surface area contributed by atoms with E-state index in [0.717, 1.165) is 16.0 Å². The Hall–Kier alpha value is -2.95. The predicted octanol–water partition coefficient (Wildman–Crippen LogP) is 2.77. The highest BCUT2D eigenvalue weighted by atomic mass is 16.5. The molecule has 2 aromatic carbocycles. The van der Waals surface area contributed by atoms with E-state index in [1.165, 1.54) is 0 Å². The van der Waals surface area contributed by atoms with Crippen molar-refractivity contribution in [3.8, 4) is 0 Å². The van der Waals surface area contributed by atoms with Crippen molar-refractivity contribution in [1.29, 1.82) is 0 Å². The van der Waals surface area contributed by atoms with Gasteiger partial charge in [-0.3, -0.25) is 14.5 Å². The average molecular weight is 337 g/mol. The third-order valence-corrected chi connectivity index (χ3v) is 4.25. The van der Waals surface area contributed by atoms with Crippen LogP contribution in [0, 0.1) is 6.92 Å². The van der Waals surface area contributed by atoms with Gasteiger partial charge in [0.05, 0.1) is 17.7 Å². The van der Waals surface area contributed by atoms with E-state index >= 15 is 0 Å². The number of nitrogens with zero attached hydrogens (tertiary/aromatic N) is 1. The Morgan fingerprint density at radius 2 is 1.56 bits per heavy atom. The Bertz CT molecular complexity index is 791. The molecule has 0 radical (unpaired) electrons. The van der Waals surface area contributed by atoms with Crippen LogP contribution in [0.25, 0.3) is 0 Å². The highest BCUT2D eigenvalue weighted by molar-refractivity contribution is 6.22. The molecule has 25 heavy (non-hydrogen) atoms. The Labute approximate surface area is 146 Å². The van der Waals surface area contributed by atoms with Crippen LogP contribution in [0.3, 0.4) is 0 Å². The van der Waals surface area contributed by atoms with Gasteiger partial charge in [-0.15, -0.1) is 0 Å². The maximum Gasteiger partial charge on any atom is 0.329 e. The maximum atomic E-state index is 12.7. The number of carbonyl (C=O) groups is 3. The first-order chi connectivity index (χ1) is 12.0. The molecule has 1 aliphatic heterocycles. The van der Waals surface area contributed by atoms with Gasteiger partial charge in [-0.05, 0) is 31.5 Å². The summed E-state index contributed by atoms with van der Waals surface area (Å²) in [6.07, 6.45) is 0.227. The SMILES string of the molecule is CCOC(=O)C(Cc1ccc(C)cc1)N1C(=O)c2ccccc2C1=O. The van der Waals surface area contributed by atoms with E-state index in [2.05, 4.69) is 0 Å². The standard InChI is InChI=1S/C20H19NO4/c1-3-25-20(24)17(12-14-10-8-13(2)9-11-14)21-18(22)15-6-4-5-7-16(15)19(21)23/h4-11,17H,3,12H2,1-2H3. The predicted molar refractivity (Wildman–Crippen MR) is 92.2 cm³/mol. The second-order valence-electron chi connectivity index (χ2n) is 5.98. The van der Waals surface area contributed by atoms with Crippen molar-refractivity contribution in [1.82, 2.24) is 4.90 Å². The minimum atomic E-state index is -0.977. The van der Waals surface area contributed by atoms with Crippen molar-refractivity contribution in [3.05, 3.63) is 70.8 Å². The third-order valence-electron chi connectivity index (χ3n) is 4.25. The van der Waals surface area contributed by atoms with Crippen molar-refractivity contribution in [2.45, 2.75) is 26.3 Å². The molecule has 1 atom stereocenters. The van der Waals surface area contributed by atoms with E-state index in [-0.39, 0.29) is 13.0 Å². The van der Waals surface area contributed by atoms with Gasteiger partial charge in [-0.2, -0.15) is 0 Å². The molecular formula is C20H19NO4. The van der Waals surface area contributed by atoms with Crippen LogP contribution in [-0.2, 0) is 16.0 Å². The molecule has 0 N–H and O–H groups in total. The van der Waals surface area contributed by atoms with E-state index in [9.17, 15) is 14.4 Å². The summed E-state index contributed by atoms with van der Waals surface area (Å²) >= 11 is 0. The van der Waals surface area contributed by atoms with Crippen LogP contribution in [0.5, 0.6) is 0 Å². The molecule has 0 fully saturated rings. The van der Waals surface area contributed by atoms with Crippen molar-refractivity contribution >= 4 is 17.8 Å². The van der Waals surface area contributed by atoms with Gasteiger partial charge in [-0.1, -0.05) is 42.0 Å². The first-order valence-corrected chi connectivity index (χ1v) is 8.22. The topological polar surface area (TPSA) is 63.7 Å². The van der Waals surface area contributed by atoms with Gasteiger partial charge in [-0.25, -0.2) is 4.79 Å². The molecule has 0 saturated carbocycles. The minimum absolute atomic E-state index is 0.187. The number of rotatable bonds is 5. The summed E-state index contributed by atoms with van der Waals surface area (Å²) < 4.78 is 5.12. The molecule has 1 unspecified atom stereocenters. The number of aryl methyl sites for hydroxylation is 1. The van der Waals surface area contributed by atoms with Crippen LogP contribution in [0.1, 0.15) is 38.8 Å². The van der Waals surface area contributed by atoms with E-state index in [1.54, 1.807) is 31.2 Å². The number of ether oxygens (including phenoxy) is 1. The van der Waals surface area contributed by atoms with Gasteiger partial charge in [0.1, 0.15) is 6.04 Å². The molecule has 2 amide bonds. The van der Waals surface area contributed by atoms with Crippen molar-refractivity contribution < 1.29 is 19.1 Å². The summed E-state index contributed by atoms with van der Waals surface area (Å²) in [6, 6.07) is 13.3. The number of benzene rings is 2. The number of carbonyl (C=O) groups excluding carboxylic acids is 3. The van der Waals surface area contributed by atoms with Gasteiger partial charge in [0.2, 0.25) is 0 Å². The molecule has 128 valence electrons. The summed E-state index contributed by atoms with van der Waals surface area (Å²) in [5, 5.41) is 0. The molecule has 5 heteroatoms. The molecule has 3 rings (SSSR count). The number of imide groups is 1. The molecule has 1 aliphatic rings. The molecule has 0 saturated heterocycles. The number of esters is 1. The monoisotopic (exact) mass is 337 g/mol. The van der Waals surface area contributed by atoms with E-state index in [0.29, 0.717) is 11.1 Å². The van der Waals surface area contributed by atoms with Crippen LogP contribution >= 0.6 is 0 Å². The summed E-state index contributed by atoms with van der Waals surface area (Å²) in [5.74, 6) is -1.48. The van der Waals surface area contributed by atoms with Crippen LogP contribution in [0.4, 0.5) is 0 Å². The lowest BCUT2D eigenvalue weighted by molar-refractivity contribution is -0.147. The first-order valence-electron chi connectivity index (χ1n) is 8.22. The summed E-state index contributed by atoms with van der Waals surface area (Å²) in [4.78, 5) is 38.9. The number of hydrogen-bond acceptors (Lipinski definition) is 4. The third kappa shape index (κ3) is 3.18. The van der Waals surface area contributed by atoms with Gasteiger partial charge < -0.3 is 4.74 Å². The van der Waals surface area contributed by atoms with E-state index in [1.807, 2.05) is 31.2 Å². The highest BCUT2D eigenvalue weighted by Crippen LogP contribution is 2.26.